The van der Waals surface area contributed by atoms with Crippen molar-refractivity contribution < 1.29 is 26.3 Å². The number of methoxy groups -OCH3 is 1. The van der Waals surface area contributed by atoms with Crippen LogP contribution < -0.4 is 20.8 Å². The number of benzene rings is 3. The molecule has 41 heavy (non-hydrogen) atoms. The van der Waals surface area contributed by atoms with E-state index in [1.54, 1.807) is 0 Å². The molecule has 0 fully saturated rings. The Balaban J connectivity index is 1.84. The molecule has 0 aliphatic rings. The summed E-state index contributed by atoms with van der Waals surface area (Å²) in [6.45, 7) is 0. The quantitative estimate of drug-likeness (QED) is 0.286. The van der Waals surface area contributed by atoms with Crippen LogP contribution in [0.15, 0.2) is 47.3 Å². The van der Waals surface area contributed by atoms with Crippen LogP contribution in [0.1, 0.15) is 17.4 Å². The summed E-state index contributed by atoms with van der Waals surface area (Å²) >= 11 is 6.45. The van der Waals surface area contributed by atoms with E-state index in [-0.39, 0.29) is 61.9 Å². The first-order chi connectivity index (χ1) is 19.3. The number of nitrogens with one attached hydrogen (secondary N) is 1. The molecule has 214 valence electrons. The number of ether oxygens (including phenoxy) is 1. The van der Waals surface area contributed by atoms with Gasteiger partial charge in [-0.25, -0.2) is 26.6 Å². The van der Waals surface area contributed by atoms with E-state index in [9.17, 15) is 26.4 Å². The van der Waals surface area contributed by atoms with E-state index in [4.69, 9.17) is 22.1 Å². The highest BCUT2D eigenvalue weighted by atomic mass is 35.5. The summed E-state index contributed by atoms with van der Waals surface area (Å²) in [7, 11) is -1.01. The van der Waals surface area contributed by atoms with Gasteiger partial charge in [0.15, 0.2) is 17.4 Å². The molecule has 3 N–H and O–H groups in total. The third-order valence-electron chi connectivity index (χ3n) is 6.37. The highest BCUT2D eigenvalue weighted by molar-refractivity contribution is 7.92. The van der Waals surface area contributed by atoms with Crippen molar-refractivity contribution in [3.63, 3.8) is 0 Å². The van der Waals surface area contributed by atoms with Crippen molar-refractivity contribution in [1.82, 2.24) is 19.3 Å². The Hall–Kier alpha value is -4.14. The summed E-state index contributed by atoms with van der Waals surface area (Å²) < 4.78 is 76.5. The first kappa shape index (κ1) is 28.4. The maximum atomic E-state index is 14.6. The van der Waals surface area contributed by atoms with Gasteiger partial charge in [0.2, 0.25) is 10.0 Å². The molecule has 0 saturated heterocycles. The smallest absolute Gasteiger partial charge is 0.266 e. The molecule has 1 atom stereocenters. The Morgan fingerprint density at radius 1 is 1.12 bits per heavy atom. The number of nitrogens with zero attached hydrogens (tertiary/aromatic N) is 4. The SMILES string of the molecule is COc1c(F)ccc2c(=O)n(-c3ccc(Cl)c4c(NS(C)(=O)=O)nn(C)c34)c(C[C@H](N)c3cc(F)cc(F)c3)nc12. The van der Waals surface area contributed by atoms with Crippen LogP contribution in [0.5, 0.6) is 5.75 Å². The highest BCUT2D eigenvalue weighted by Crippen LogP contribution is 2.35. The van der Waals surface area contributed by atoms with Crippen molar-refractivity contribution >= 4 is 49.2 Å². The third kappa shape index (κ3) is 5.21. The number of aryl methyl sites for hydroxylation is 1. The zero-order valence-corrected chi connectivity index (χ0v) is 23.3. The molecule has 15 heteroatoms. The predicted octanol–water partition coefficient (Wildman–Crippen LogP) is 3.97. The van der Waals surface area contributed by atoms with Crippen LogP contribution in [-0.4, -0.2) is 41.1 Å². The number of fused-ring (bicyclic) bond motifs is 2. The summed E-state index contributed by atoms with van der Waals surface area (Å²) in [6, 6.07) is 7.02. The fourth-order valence-corrected chi connectivity index (χ4v) is 5.45. The Labute approximate surface area is 236 Å². The molecule has 0 aliphatic carbocycles. The predicted molar refractivity (Wildman–Crippen MR) is 149 cm³/mol. The minimum atomic E-state index is -3.75. The molecule has 0 aliphatic heterocycles. The Bertz CT molecular complexity index is 2010. The maximum absolute atomic E-state index is 14.6. The summed E-state index contributed by atoms with van der Waals surface area (Å²) in [5.41, 5.74) is 6.14. The highest BCUT2D eigenvalue weighted by Gasteiger charge is 2.25. The van der Waals surface area contributed by atoms with E-state index in [2.05, 4.69) is 14.8 Å². The molecular formula is C26H22ClF3N6O4S. The topological polar surface area (TPSA) is 134 Å². The molecule has 3 aromatic carbocycles. The lowest BCUT2D eigenvalue weighted by atomic mass is 10.0. The van der Waals surface area contributed by atoms with Crippen LogP contribution in [0.2, 0.25) is 5.02 Å². The summed E-state index contributed by atoms with van der Waals surface area (Å²) in [5.74, 6) is -2.81. The van der Waals surface area contributed by atoms with Crippen LogP contribution in [0.25, 0.3) is 27.5 Å². The largest absolute Gasteiger partial charge is 0.491 e. The van der Waals surface area contributed by atoms with Gasteiger partial charge in [-0.15, -0.1) is 0 Å². The van der Waals surface area contributed by atoms with Crippen molar-refractivity contribution in [2.45, 2.75) is 12.5 Å². The standard InChI is InChI=1S/C26H22ClF3N6O4S/c1-35-23-19(7-5-16(27)21(23)25(33-35)34-41(3,38)39)36-20(11-18(31)12-8-13(28)10-14(29)9-12)32-22-15(26(36)37)4-6-17(30)24(22)40-2/h4-10,18H,11,31H2,1-3H3,(H,33,34)/t18-/m0/s1. The van der Waals surface area contributed by atoms with Crippen molar-refractivity contribution in [3.05, 3.63) is 86.7 Å². The molecule has 0 saturated carbocycles. The molecule has 0 radical (unpaired) electrons. The van der Waals surface area contributed by atoms with Gasteiger partial charge in [-0.3, -0.25) is 18.8 Å². The summed E-state index contributed by atoms with van der Waals surface area (Å²) in [6.07, 6.45) is 0.717. The van der Waals surface area contributed by atoms with Gasteiger partial charge < -0.3 is 10.5 Å². The average molecular weight is 607 g/mol. The van der Waals surface area contributed by atoms with E-state index in [0.29, 0.717) is 6.07 Å². The van der Waals surface area contributed by atoms with E-state index in [1.807, 2.05) is 0 Å². The van der Waals surface area contributed by atoms with Gasteiger partial charge in [0.1, 0.15) is 23.0 Å². The summed E-state index contributed by atoms with van der Waals surface area (Å²) in [5, 5.41) is 4.57. The number of sulfonamides is 1. The lowest BCUT2D eigenvalue weighted by molar-refractivity contribution is 0.390. The normalized spacial score (nSPS) is 12.7. The molecule has 10 nitrogen and oxygen atoms in total. The van der Waals surface area contributed by atoms with Gasteiger partial charge in [0.25, 0.3) is 5.56 Å². The van der Waals surface area contributed by atoms with Gasteiger partial charge in [-0.1, -0.05) is 11.6 Å². The number of rotatable bonds is 7. The first-order valence-electron chi connectivity index (χ1n) is 11.9. The molecule has 5 aromatic rings. The van der Waals surface area contributed by atoms with Gasteiger partial charge in [-0.2, -0.15) is 5.10 Å². The lowest BCUT2D eigenvalue weighted by Gasteiger charge is -2.19. The van der Waals surface area contributed by atoms with E-state index in [1.165, 1.54) is 41.6 Å². The Morgan fingerprint density at radius 3 is 2.44 bits per heavy atom. The van der Waals surface area contributed by atoms with Crippen molar-refractivity contribution in [2.24, 2.45) is 12.8 Å². The summed E-state index contributed by atoms with van der Waals surface area (Å²) in [4.78, 5) is 18.6. The maximum Gasteiger partial charge on any atom is 0.266 e. The minimum absolute atomic E-state index is 0.00266. The first-order valence-corrected chi connectivity index (χ1v) is 14.2. The molecular weight excluding hydrogens is 585 g/mol. The minimum Gasteiger partial charge on any atom is -0.491 e. The van der Waals surface area contributed by atoms with Crippen LogP contribution in [0.3, 0.4) is 0 Å². The number of nitrogens with two attached hydrogens (primary N) is 1. The second kappa shape index (κ2) is 10.4. The fraction of sp³-hybridized carbons (Fsp3) is 0.192. The van der Waals surface area contributed by atoms with Crippen LogP contribution in [-0.2, 0) is 23.5 Å². The number of halogens is 4. The molecule has 0 unspecified atom stereocenters. The number of anilines is 1. The average Bonchev–Trinajstić information content (AvgIpc) is 3.19. The van der Waals surface area contributed by atoms with Crippen LogP contribution >= 0.6 is 11.6 Å². The number of hydrogen-bond acceptors (Lipinski definition) is 7. The van der Waals surface area contributed by atoms with Gasteiger partial charge >= 0.3 is 0 Å². The lowest BCUT2D eigenvalue weighted by Crippen LogP contribution is -2.27. The molecule has 2 aromatic heterocycles. The Morgan fingerprint density at radius 2 is 1.80 bits per heavy atom. The van der Waals surface area contributed by atoms with Crippen LogP contribution in [0, 0.1) is 17.5 Å². The van der Waals surface area contributed by atoms with Crippen LogP contribution in [0.4, 0.5) is 19.0 Å². The molecule has 0 amide bonds. The van der Waals surface area contributed by atoms with E-state index < -0.39 is 39.1 Å². The molecule has 0 bridgehead atoms. The monoisotopic (exact) mass is 606 g/mol. The van der Waals surface area contributed by atoms with Gasteiger partial charge in [0.05, 0.1) is 40.4 Å². The zero-order chi connectivity index (χ0) is 29.8. The Kier molecular flexibility index (Phi) is 7.17. The fourth-order valence-electron chi connectivity index (χ4n) is 4.72. The molecule has 2 heterocycles. The van der Waals surface area contributed by atoms with E-state index in [0.717, 1.165) is 24.5 Å². The number of aromatic nitrogens is 4. The second-order valence-electron chi connectivity index (χ2n) is 9.30. The van der Waals surface area contributed by atoms with Crippen molar-refractivity contribution in [1.29, 1.82) is 0 Å². The number of hydrogen-bond donors (Lipinski definition) is 2. The van der Waals surface area contributed by atoms with Crippen molar-refractivity contribution in [3.8, 4) is 11.4 Å². The second-order valence-corrected chi connectivity index (χ2v) is 11.5. The third-order valence-corrected chi connectivity index (χ3v) is 7.25. The molecule has 5 rings (SSSR count). The van der Waals surface area contributed by atoms with E-state index >= 15 is 0 Å². The van der Waals surface area contributed by atoms with Gasteiger partial charge in [-0.05, 0) is 42.0 Å². The van der Waals surface area contributed by atoms with Crippen molar-refractivity contribution in [2.75, 3.05) is 18.1 Å². The van der Waals surface area contributed by atoms with Gasteiger partial charge in [0, 0.05) is 25.6 Å². The zero-order valence-electron chi connectivity index (χ0n) is 21.7. The molecule has 0 spiro atoms.